The summed E-state index contributed by atoms with van der Waals surface area (Å²) in [6, 6.07) is 3.48. The van der Waals surface area contributed by atoms with Crippen molar-refractivity contribution in [2.24, 2.45) is 0 Å². The van der Waals surface area contributed by atoms with E-state index in [9.17, 15) is 18.0 Å². The zero-order chi connectivity index (χ0) is 19.6. The van der Waals surface area contributed by atoms with Crippen LogP contribution in [0.2, 0.25) is 0 Å². The van der Waals surface area contributed by atoms with Crippen molar-refractivity contribution in [2.75, 3.05) is 23.4 Å². The predicted octanol–water partition coefficient (Wildman–Crippen LogP) is 4.48. The molecule has 0 aliphatic rings. The highest BCUT2D eigenvalue weighted by atomic mass is 35.5. The van der Waals surface area contributed by atoms with Crippen LogP contribution in [0.4, 0.5) is 18.9 Å². The number of rotatable bonds is 10. The van der Waals surface area contributed by atoms with Gasteiger partial charge in [0.2, 0.25) is 5.91 Å². The Bertz CT molecular complexity index is 626. The minimum Gasteiger partial charge on any atom is -0.358 e. The summed E-state index contributed by atoms with van der Waals surface area (Å²) in [6.45, 7) is 2.00. The van der Waals surface area contributed by atoms with Crippen LogP contribution in [-0.2, 0) is 4.79 Å². The van der Waals surface area contributed by atoms with Crippen LogP contribution in [0.1, 0.15) is 19.8 Å². The van der Waals surface area contributed by atoms with E-state index in [1.165, 1.54) is 11.1 Å². The maximum absolute atomic E-state index is 12.3. The predicted molar refractivity (Wildman–Crippen MR) is 99.5 cm³/mol. The Hall–Kier alpha value is -1.74. The van der Waals surface area contributed by atoms with E-state index in [0.29, 0.717) is 5.69 Å². The SMILES string of the molecule is CCN(C(=O)CSCCCC(F)(F)F)/C(=C/Nc1cccnc1)C(=N)Cl. The Morgan fingerprint density at radius 3 is 2.77 bits per heavy atom. The Balaban J connectivity index is 2.63. The van der Waals surface area contributed by atoms with Crippen molar-refractivity contribution < 1.29 is 18.0 Å². The average Bonchev–Trinajstić information content (AvgIpc) is 2.57. The third-order valence-corrected chi connectivity index (χ3v) is 4.37. The number of halogens is 4. The summed E-state index contributed by atoms with van der Waals surface area (Å²) in [5.74, 6) is -0.0806. The van der Waals surface area contributed by atoms with Gasteiger partial charge in [0, 0.05) is 25.4 Å². The van der Waals surface area contributed by atoms with Gasteiger partial charge in [-0.2, -0.15) is 24.9 Å². The molecule has 0 unspecified atom stereocenters. The van der Waals surface area contributed by atoms with Crippen molar-refractivity contribution >= 4 is 40.1 Å². The van der Waals surface area contributed by atoms with Gasteiger partial charge in [0.1, 0.15) is 5.17 Å². The molecule has 0 saturated carbocycles. The summed E-state index contributed by atoms with van der Waals surface area (Å²) >= 11 is 6.92. The summed E-state index contributed by atoms with van der Waals surface area (Å²) in [6.07, 6.45) is -0.468. The van der Waals surface area contributed by atoms with Gasteiger partial charge in [0.25, 0.3) is 0 Å². The van der Waals surface area contributed by atoms with E-state index in [-0.39, 0.29) is 41.2 Å². The molecule has 1 aromatic rings. The number of aromatic nitrogens is 1. The fraction of sp³-hybridized carbons (Fsp3) is 0.438. The largest absolute Gasteiger partial charge is 0.389 e. The molecule has 0 spiro atoms. The molecule has 1 amide bonds. The van der Waals surface area contributed by atoms with Crippen molar-refractivity contribution in [2.45, 2.75) is 25.9 Å². The Kier molecular flexibility index (Phi) is 9.50. The zero-order valence-electron chi connectivity index (χ0n) is 14.1. The molecule has 0 aromatic carbocycles. The van der Waals surface area contributed by atoms with Crippen LogP contribution in [0, 0.1) is 5.41 Å². The molecular weight excluding hydrogens is 389 g/mol. The monoisotopic (exact) mass is 408 g/mol. The number of pyridine rings is 1. The van der Waals surface area contributed by atoms with Crippen molar-refractivity contribution in [3.63, 3.8) is 0 Å². The third kappa shape index (κ3) is 8.57. The molecule has 0 radical (unpaired) electrons. The van der Waals surface area contributed by atoms with E-state index in [4.69, 9.17) is 17.0 Å². The molecule has 0 bridgehead atoms. The number of alkyl halides is 3. The van der Waals surface area contributed by atoms with E-state index in [0.717, 1.165) is 11.8 Å². The fourth-order valence-corrected chi connectivity index (χ4v) is 2.93. The maximum Gasteiger partial charge on any atom is 0.389 e. The van der Waals surface area contributed by atoms with Gasteiger partial charge in [-0.1, -0.05) is 11.6 Å². The summed E-state index contributed by atoms with van der Waals surface area (Å²) in [5, 5.41) is 10.3. The van der Waals surface area contributed by atoms with Gasteiger partial charge in [-0.15, -0.1) is 0 Å². The molecule has 144 valence electrons. The highest BCUT2D eigenvalue weighted by Crippen LogP contribution is 2.22. The number of hydrogen-bond acceptors (Lipinski definition) is 5. The second-order valence-corrected chi connectivity index (χ2v) is 6.62. The molecule has 1 aromatic heterocycles. The molecule has 0 aliphatic carbocycles. The van der Waals surface area contributed by atoms with Gasteiger partial charge in [-0.3, -0.25) is 15.2 Å². The maximum atomic E-state index is 12.3. The van der Waals surface area contributed by atoms with Crippen LogP contribution in [0.15, 0.2) is 36.4 Å². The second-order valence-electron chi connectivity index (χ2n) is 5.14. The lowest BCUT2D eigenvalue weighted by Crippen LogP contribution is -2.34. The molecule has 0 saturated heterocycles. The van der Waals surface area contributed by atoms with E-state index >= 15 is 0 Å². The van der Waals surface area contributed by atoms with Crippen LogP contribution in [-0.4, -0.2) is 45.2 Å². The van der Waals surface area contributed by atoms with E-state index in [2.05, 4.69) is 10.3 Å². The number of carbonyl (C=O) groups is 1. The summed E-state index contributed by atoms with van der Waals surface area (Å²) in [7, 11) is 0. The summed E-state index contributed by atoms with van der Waals surface area (Å²) < 4.78 is 36.3. The quantitative estimate of drug-likeness (QED) is 0.442. The van der Waals surface area contributed by atoms with Crippen molar-refractivity contribution in [1.82, 2.24) is 9.88 Å². The molecule has 0 fully saturated rings. The van der Waals surface area contributed by atoms with E-state index in [1.807, 2.05) is 0 Å². The number of carbonyl (C=O) groups excluding carboxylic acids is 1. The highest BCUT2D eigenvalue weighted by Gasteiger charge is 2.26. The number of nitrogens with one attached hydrogen (secondary N) is 2. The number of nitrogens with zero attached hydrogens (tertiary/aromatic N) is 2. The van der Waals surface area contributed by atoms with Crippen molar-refractivity contribution in [3.05, 3.63) is 36.4 Å². The highest BCUT2D eigenvalue weighted by molar-refractivity contribution is 7.99. The molecule has 0 atom stereocenters. The normalized spacial score (nSPS) is 12.0. The van der Waals surface area contributed by atoms with Gasteiger partial charge in [-0.05, 0) is 31.2 Å². The Morgan fingerprint density at radius 1 is 1.50 bits per heavy atom. The number of thioether (sulfide) groups is 1. The first-order chi connectivity index (χ1) is 12.2. The van der Waals surface area contributed by atoms with Crippen molar-refractivity contribution in [3.8, 4) is 0 Å². The minimum atomic E-state index is -4.18. The van der Waals surface area contributed by atoms with Gasteiger partial charge in [0.05, 0.1) is 23.3 Å². The van der Waals surface area contributed by atoms with E-state index < -0.39 is 12.6 Å². The molecule has 1 rings (SSSR count). The lowest BCUT2D eigenvalue weighted by atomic mass is 10.3. The first-order valence-corrected chi connectivity index (χ1v) is 9.34. The Morgan fingerprint density at radius 2 is 2.23 bits per heavy atom. The summed E-state index contributed by atoms with van der Waals surface area (Å²) in [5.41, 5.74) is 0.840. The topological polar surface area (TPSA) is 69.1 Å². The van der Waals surface area contributed by atoms with Gasteiger partial charge < -0.3 is 10.2 Å². The second kappa shape index (κ2) is 11.1. The van der Waals surface area contributed by atoms with Crippen LogP contribution >= 0.6 is 23.4 Å². The molecular formula is C16H20ClF3N4OS. The standard InChI is InChI=1S/C16H20ClF3N4OS/c1-2-24(14(25)11-26-8-4-6-16(18,19)20)13(15(17)21)10-23-12-5-3-7-22-9-12/h3,5,7,9-10,21,23H,2,4,6,8,11H2,1H3/b13-10+,21-15?. The van der Waals surface area contributed by atoms with Gasteiger partial charge in [0.15, 0.2) is 0 Å². The lowest BCUT2D eigenvalue weighted by molar-refractivity contribution is -0.134. The van der Waals surface area contributed by atoms with E-state index in [1.54, 1.807) is 31.5 Å². The minimum absolute atomic E-state index is 0.0140. The molecule has 1 heterocycles. The third-order valence-electron chi connectivity index (χ3n) is 3.14. The van der Waals surface area contributed by atoms with Crippen LogP contribution in [0.3, 0.4) is 0 Å². The van der Waals surface area contributed by atoms with Crippen LogP contribution in [0.5, 0.6) is 0 Å². The molecule has 26 heavy (non-hydrogen) atoms. The molecule has 5 nitrogen and oxygen atoms in total. The smallest absolute Gasteiger partial charge is 0.358 e. The fourth-order valence-electron chi connectivity index (χ4n) is 1.95. The molecule has 10 heteroatoms. The molecule has 0 aliphatic heterocycles. The average molecular weight is 409 g/mol. The number of anilines is 1. The number of hydrogen-bond donors (Lipinski definition) is 2. The zero-order valence-corrected chi connectivity index (χ0v) is 15.7. The van der Waals surface area contributed by atoms with Gasteiger partial charge in [-0.25, -0.2) is 0 Å². The van der Waals surface area contributed by atoms with Crippen LogP contribution < -0.4 is 5.32 Å². The number of allylic oxidation sites excluding steroid dienone is 1. The summed E-state index contributed by atoms with van der Waals surface area (Å²) in [4.78, 5) is 17.6. The number of amides is 1. The first-order valence-electron chi connectivity index (χ1n) is 7.80. The first kappa shape index (κ1) is 22.3. The van der Waals surface area contributed by atoms with Gasteiger partial charge >= 0.3 is 6.18 Å². The van der Waals surface area contributed by atoms with Crippen molar-refractivity contribution in [1.29, 1.82) is 5.41 Å². The molecule has 2 N–H and O–H groups in total. The van der Waals surface area contributed by atoms with Crippen LogP contribution in [0.25, 0.3) is 0 Å². The lowest BCUT2D eigenvalue weighted by Gasteiger charge is -2.23. The Labute approximate surface area is 159 Å².